The second-order valence-corrected chi connectivity index (χ2v) is 3.78. The Hall–Kier alpha value is 1.19. The van der Waals surface area contributed by atoms with E-state index in [2.05, 4.69) is 0 Å². The molecule has 7 heavy (non-hydrogen) atoms. The van der Waals surface area contributed by atoms with E-state index in [0.717, 1.165) is 0 Å². The van der Waals surface area contributed by atoms with Crippen molar-refractivity contribution in [2.75, 3.05) is 13.2 Å². The van der Waals surface area contributed by atoms with Crippen molar-refractivity contribution in [2.45, 2.75) is 0 Å². The van der Waals surface area contributed by atoms with Crippen LogP contribution in [-0.2, 0) is 16.5 Å². The quantitative estimate of drug-likeness (QED) is 0.729. The molecule has 0 rings (SSSR count). The summed E-state index contributed by atoms with van der Waals surface area (Å²) >= 11 is -0.472. The Morgan fingerprint density at radius 3 is 1.29 bits per heavy atom. The predicted molar refractivity (Wildman–Crippen MR) is 25.9 cm³/mol. The van der Waals surface area contributed by atoms with Crippen molar-refractivity contribution in [2.24, 2.45) is 0 Å². The van der Waals surface area contributed by atoms with Gasteiger partial charge in [0.2, 0.25) is 0 Å². The molecule has 0 radical (unpaired) electrons. The van der Waals surface area contributed by atoms with Gasteiger partial charge >= 0.3 is 35.3 Å². The van der Waals surface area contributed by atoms with Crippen LogP contribution in [0.1, 0.15) is 0 Å². The van der Waals surface area contributed by atoms with Crippen LogP contribution in [0.2, 0.25) is 0 Å². The maximum atomic E-state index is 7.62. The number of hydrogen-bond acceptors (Lipinski definition) is 2. The van der Waals surface area contributed by atoms with Gasteiger partial charge in [-0.2, -0.15) is 0 Å². The van der Waals surface area contributed by atoms with Crippen molar-refractivity contribution in [3.05, 3.63) is 0 Å². The van der Waals surface area contributed by atoms with Crippen LogP contribution in [0.3, 0.4) is 0 Å². The molecule has 0 saturated heterocycles. The monoisotopic (exact) mass is 327 g/mol. The summed E-state index contributed by atoms with van der Waals surface area (Å²) in [5.41, 5.74) is 0. The topological polar surface area (TPSA) is 40.5 Å². The van der Waals surface area contributed by atoms with Gasteiger partial charge in [-0.3, -0.25) is 0 Å². The second kappa shape index (κ2) is 15.7. The van der Waals surface area contributed by atoms with Gasteiger partial charge in [0.1, 0.15) is 0 Å². The van der Waals surface area contributed by atoms with Gasteiger partial charge in [0.05, 0.1) is 13.2 Å². The average molecular weight is 328 g/mol. The molecule has 0 aliphatic carbocycles. The Balaban J connectivity index is 0. The molecule has 0 aliphatic rings. The molecule has 0 aliphatic heterocycles. The molecule has 0 atom stereocenters. The molecule has 0 fully saturated rings. The molecule has 2 N–H and O–H groups in total. The Bertz CT molecular complexity index is 21.2. The van der Waals surface area contributed by atoms with Crippen LogP contribution in [0.5, 0.6) is 0 Å². The summed E-state index contributed by atoms with van der Waals surface area (Å²) in [7, 11) is 9.75. The predicted octanol–water partition coefficient (Wildman–Crippen LogP) is 0.347. The van der Waals surface area contributed by atoms with Crippen LogP contribution in [0.25, 0.3) is 0 Å². The van der Waals surface area contributed by atoms with Gasteiger partial charge in [-0.1, -0.05) is 0 Å². The van der Waals surface area contributed by atoms with E-state index in [1.165, 1.54) is 0 Å². The molecule has 0 aromatic rings. The fourth-order valence-corrected chi connectivity index (χ4v) is 0. The van der Waals surface area contributed by atoms with Crippen molar-refractivity contribution in [1.82, 2.24) is 0 Å². The summed E-state index contributed by atoms with van der Waals surface area (Å²) in [6.45, 7) is -0.250. The normalized spacial score (nSPS) is 7.43. The van der Waals surface area contributed by atoms with E-state index in [-0.39, 0.29) is 13.2 Å². The zero-order valence-corrected chi connectivity index (χ0v) is 7.16. The molecule has 0 amide bonds. The number of aliphatic hydroxyl groups excluding tert-OH is 2. The van der Waals surface area contributed by atoms with Crippen LogP contribution in [-0.4, -0.2) is 23.4 Å². The first-order valence-electron chi connectivity index (χ1n) is 1.37. The average Bonchev–Trinajstić information content (AvgIpc) is 1.69. The molecule has 5 heteroatoms. The van der Waals surface area contributed by atoms with Crippen LogP contribution >= 0.6 is 18.8 Å². The van der Waals surface area contributed by atoms with E-state index in [4.69, 9.17) is 29.0 Å². The fraction of sp³-hybridized carbons (Fsp3) is 1.00. The SMILES string of the molecule is OCCO.[Cl][Pt][Cl]. The van der Waals surface area contributed by atoms with E-state index in [1.54, 1.807) is 0 Å². The van der Waals surface area contributed by atoms with E-state index in [9.17, 15) is 0 Å². The minimum atomic E-state index is -0.472. The molecule has 0 heterocycles. The number of aliphatic hydroxyl groups is 2. The maximum absolute atomic E-state index is 7.62. The second-order valence-electron chi connectivity index (χ2n) is 0.492. The molecular formula is C2H6Cl2O2Pt. The summed E-state index contributed by atoms with van der Waals surface area (Å²) in [6, 6.07) is 0. The van der Waals surface area contributed by atoms with Gasteiger partial charge in [-0.15, -0.1) is 0 Å². The Morgan fingerprint density at radius 1 is 1.14 bits per heavy atom. The van der Waals surface area contributed by atoms with E-state index in [1.807, 2.05) is 0 Å². The molecule has 0 unspecified atom stereocenters. The Kier molecular flexibility index (Phi) is 24.8. The standard InChI is InChI=1S/C2H6O2.2ClH.Pt/c3-1-2-4;;;/h3-4H,1-2H2;2*1H;/q;;;+2/p-2. The third-order valence-electron chi connectivity index (χ3n) is 0.1000. The number of halogens is 2. The van der Waals surface area contributed by atoms with E-state index < -0.39 is 16.5 Å². The molecule has 50 valence electrons. The molecule has 0 aromatic heterocycles. The Labute approximate surface area is 58.8 Å². The van der Waals surface area contributed by atoms with E-state index in [0.29, 0.717) is 0 Å². The van der Waals surface area contributed by atoms with Gasteiger partial charge in [0.15, 0.2) is 0 Å². The van der Waals surface area contributed by atoms with E-state index >= 15 is 0 Å². The van der Waals surface area contributed by atoms with Crippen molar-refractivity contribution < 1.29 is 26.7 Å². The number of hydrogen-bond donors (Lipinski definition) is 2. The van der Waals surface area contributed by atoms with Gasteiger partial charge in [-0.05, 0) is 0 Å². The molecule has 0 saturated carbocycles. The van der Waals surface area contributed by atoms with Crippen LogP contribution in [0.4, 0.5) is 0 Å². The summed E-state index contributed by atoms with van der Waals surface area (Å²) < 4.78 is 0. The van der Waals surface area contributed by atoms with Gasteiger partial charge in [-0.25, -0.2) is 0 Å². The first-order valence-corrected chi connectivity index (χ1v) is 7.00. The van der Waals surface area contributed by atoms with Crippen molar-refractivity contribution in [3.63, 3.8) is 0 Å². The Morgan fingerprint density at radius 2 is 1.29 bits per heavy atom. The summed E-state index contributed by atoms with van der Waals surface area (Å²) in [5.74, 6) is 0. The molecule has 0 bridgehead atoms. The zero-order chi connectivity index (χ0) is 6.12. The minimum absolute atomic E-state index is 0.125. The zero-order valence-electron chi connectivity index (χ0n) is 3.38. The van der Waals surface area contributed by atoms with Crippen molar-refractivity contribution >= 4 is 18.8 Å². The van der Waals surface area contributed by atoms with Crippen LogP contribution in [0.15, 0.2) is 0 Å². The van der Waals surface area contributed by atoms with Crippen molar-refractivity contribution in [3.8, 4) is 0 Å². The van der Waals surface area contributed by atoms with Gasteiger partial charge in [0.25, 0.3) is 0 Å². The summed E-state index contributed by atoms with van der Waals surface area (Å²) in [5, 5.41) is 15.2. The first-order chi connectivity index (χ1) is 3.33. The van der Waals surface area contributed by atoms with Crippen molar-refractivity contribution in [1.29, 1.82) is 0 Å². The molecule has 0 aromatic carbocycles. The van der Waals surface area contributed by atoms with Crippen LogP contribution < -0.4 is 0 Å². The van der Waals surface area contributed by atoms with Gasteiger partial charge < -0.3 is 10.2 Å². The summed E-state index contributed by atoms with van der Waals surface area (Å²) in [6.07, 6.45) is 0. The number of rotatable bonds is 1. The van der Waals surface area contributed by atoms with Gasteiger partial charge in [0, 0.05) is 0 Å². The first kappa shape index (κ1) is 11.0. The molecule has 2 nitrogen and oxygen atoms in total. The summed E-state index contributed by atoms with van der Waals surface area (Å²) in [4.78, 5) is 0. The molecule has 0 spiro atoms. The van der Waals surface area contributed by atoms with Crippen LogP contribution in [0, 0.1) is 0 Å². The third kappa shape index (κ3) is 40.4. The fourth-order valence-electron chi connectivity index (χ4n) is 0. The molecular weight excluding hydrogens is 322 g/mol. The third-order valence-corrected chi connectivity index (χ3v) is 0.1000.